The quantitative estimate of drug-likeness (QED) is 0.809. The molecule has 2 aromatic heterocycles. The molecule has 2 aromatic rings. The third-order valence-corrected chi connectivity index (χ3v) is 3.17. The summed E-state index contributed by atoms with van der Waals surface area (Å²) in [5.74, 6) is 0.965. The molecule has 0 radical (unpaired) electrons. The Labute approximate surface area is 102 Å². The highest BCUT2D eigenvalue weighted by molar-refractivity contribution is 5.71. The molecule has 0 aliphatic heterocycles. The van der Waals surface area contributed by atoms with Gasteiger partial charge in [-0.3, -0.25) is 4.98 Å². The fourth-order valence-corrected chi connectivity index (χ4v) is 2.06. The van der Waals surface area contributed by atoms with Crippen LogP contribution in [-0.2, 0) is 0 Å². The summed E-state index contributed by atoms with van der Waals surface area (Å²) in [5.41, 5.74) is 1.55. The van der Waals surface area contributed by atoms with E-state index < -0.39 is 0 Å². The molecule has 2 heterocycles. The highest BCUT2D eigenvalue weighted by atomic mass is 15.2. The maximum Gasteiger partial charge on any atom is 0.180 e. The van der Waals surface area contributed by atoms with Gasteiger partial charge in [-0.05, 0) is 25.0 Å². The molecule has 90 valence electrons. The highest BCUT2D eigenvalue weighted by Crippen LogP contribution is 2.18. The Morgan fingerprint density at radius 3 is 2.53 bits per heavy atom. The van der Waals surface area contributed by atoms with Crippen LogP contribution in [0.4, 0.5) is 5.82 Å². The zero-order valence-electron chi connectivity index (χ0n) is 10.6. The monoisotopic (exact) mass is 230 g/mol. The summed E-state index contributed by atoms with van der Waals surface area (Å²) in [7, 11) is 2.09. The summed E-state index contributed by atoms with van der Waals surface area (Å²) in [6, 6.07) is 4.51. The van der Waals surface area contributed by atoms with Crippen LogP contribution in [0.15, 0.2) is 24.5 Å². The Kier molecular flexibility index (Phi) is 3.52. The van der Waals surface area contributed by atoms with Gasteiger partial charge in [0, 0.05) is 25.5 Å². The average Bonchev–Trinajstić information content (AvgIpc) is 2.39. The van der Waals surface area contributed by atoms with Gasteiger partial charge in [0.15, 0.2) is 5.65 Å². The zero-order chi connectivity index (χ0) is 12.3. The van der Waals surface area contributed by atoms with Gasteiger partial charge < -0.3 is 4.90 Å². The first-order chi connectivity index (χ1) is 8.26. The molecule has 0 fully saturated rings. The number of hydrogen-bond acceptors (Lipinski definition) is 4. The van der Waals surface area contributed by atoms with Crippen LogP contribution in [0.5, 0.6) is 0 Å². The van der Waals surface area contributed by atoms with Crippen molar-refractivity contribution < 1.29 is 0 Å². The van der Waals surface area contributed by atoms with Gasteiger partial charge in [-0.1, -0.05) is 13.8 Å². The Hall–Kier alpha value is -1.71. The number of hydrogen-bond donors (Lipinski definition) is 0. The van der Waals surface area contributed by atoms with Crippen LogP contribution in [0.2, 0.25) is 0 Å². The minimum Gasteiger partial charge on any atom is -0.357 e. The number of pyridine rings is 1. The van der Waals surface area contributed by atoms with Crippen LogP contribution >= 0.6 is 0 Å². The molecule has 0 bridgehead atoms. The predicted molar refractivity (Wildman–Crippen MR) is 70.1 cm³/mol. The lowest BCUT2D eigenvalue weighted by Gasteiger charge is -2.27. The van der Waals surface area contributed by atoms with E-state index in [4.69, 9.17) is 0 Å². The van der Waals surface area contributed by atoms with Crippen molar-refractivity contribution in [1.29, 1.82) is 0 Å². The number of rotatable bonds is 4. The zero-order valence-corrected chi connectivity index (χ0v) is 10.6. The van der Waals surface area contributed by atoms with Crippen molar-refractivity contribution in [2.24, 2.45) is 0 Å². The van der Waals surface area contributed by atoms with Crippen molar-refractivity contribution in [3.63, 3.8) is 0 Å². The predicted octanol–water partition coefficient (Wildman–Crippen LogP) is 2.65. The molecule has 0 aromatic carbocycles. The summed E-state index contributed by atoms with van der Waals surface area (Å²) in [6.45, 7) is 4.40. The van der Waals surface area contributed by atoms with Gasteiger partial charge in [-0.25, -0.2) is 9.97 Å². The van der Waals surface area contributed by atoms with Crippen LogP contribution in [-0.4, -0.2) is 28.0 Å². The van der Waals surface area contributed by atoms with Crippen molar-refractivity contribution >= 4 is 17.0 Å². The minimum atomic E-state index is 0.525. The third kappa shape index (κ3) is 2.35. The van der Waals surface area contributed by atoms with Gasteiger partial charge in [0.1, 0.15) is 11.3 Å². The molecule has 0 unspecified atom stereocenters. The number of aromatic nitrogens is 3. The van der Waals surface area contributed by atoms with Crippen molar-refractivity contribution in [3.05, 3.63) is 24.5 Å². The van der Waals surface area contributed by atoms with Crippen LogP contribution in [0, 0.1) is 0 Å². The first kappa shape index (κ1) is 11.8. The van der Waals surface area contributed by atoms with E-state index in [9.17, 15) is 0 Å². The molecule has 0 saturated heterocycles. The molecule has 0 aliphatic rings. The van der Waals surface area contributed by atoms with Gasteiger partial charge in [-0.2, -0.15) is 0 Å². The second kappa shape index (κ2) is 5.08. The second-order valence-electron chi connectivity index (χ2n) is 4.15. The fraction of sp³-hybridized carbons (Fsp3) is 0.462. The van der Waals surface area contributed by atoms with Crippen LogP contribution in [0.25, 0.3) is 11.2 Å². The van der Waals surface area contributed by atoms with Crippen molar-refractivity contribution in [1.82, 2.24) is 15.0 Å². The normalized spacial score (nSPS) is 11.1. The molecule has 4 heteroatoms. The van der Waals surface area contributed by atoms with E-state index in [1.807, 2.05) is 12.1 Å². The number of anilines is 1. The van der Waals surface area contributed by atoms with E-state index in [0.29, 0.717) is 11.7 Å². The molecular formula is C13H18N4. The summed E-state index contributed by atoms with van der Waals surface area (Å²) in [4.78, 5) is 15.2. The van der Waals surface area contributed by atoms with Crippen molar-refractivity contribution in [2.75, 3.05) is 11.9 Å². The third-order valence-electron chi connectivity index (χ3n) is 3.17. The Bertz CT molecular complexity index is 493. The SMILES string of the molecule is CCC(CC)N(C)c1ccc2nccnc2n1. The summed E-state index contributed by atoms with van der Waals surface area (Å²) < 4.78 is 0. The number of fused-ring (bicyclic) bond motifs is 1. The number of nitrogens with zero attached hydrogens (tertiary/aromatic N) is 4. The molecule has 17 heavy (non-hydrogen) atoms. The molecule has 0 amide bonds. The van der Waals surface area contributed by atoms with E-state index in [1.54, 1.807) is 12.4 Å². The van der Waals surface area contributed by atoms with Gasteiger partial charge in [0.25, 0.3) is 0 Å². The maximum absolute atomic E-state index is 4.54. The van der Waals surface area contributed by atoms with Gasteiger partial charge >= 0.3 is 0 Å². The van der Waals surface area contributed by atoms with Crippen LogP contribution in [0.3, 0.4) is 0 Å². The first-order valence-corrected chi connectivity index (χ1v) is 6.06. The van der Waals surface area contributed by atoms with Crippen molar-refractivity contribution in [2.45, 2.75) is 32.7 Å². The molecular weight excluding hydrogens is 212 g/mol. The smallest absolute Gasteiger partial charge is 0.180 e. The maximum atomic E-state index is 4.54. The van der Waals surface area contributed by atoms with E-state index in [2.05, 4.69) is 40.7 Å². The van der Waals surface area contributed by atoms with E-state index in [1.165, 1.54) is 0 Å². The Balaban J connectivity index is 2.35. The molecule has 0 aliphatic carbocycles. The first-order valence-electron chi connectivity index (χ1n) is 6.06. The van der Waals surface area contributed by atoms with Gasteiger partial charge in [0.05, 0.1) is 0 Å². The minimum absolute atomic E-state index is 0.525. The molecule has 0 N–H and O–H groups in total. The molecule has 0 spiro atoms. The van der Waals surface area contributed by atoms with E-state index in [-0.39, 0.29) is 0 Å². The van der Waals surface area contributed by atoms with Crippen molar-refractivity contribution in [3.8, 4) is 0 Å². The van der Waals surface area contributed by atoms with Crippen LogP contribution in [0.1, 0.15) is 26.7 Å². The van der Waals surface area contributed by atoms with E-state index in [0.717, 1.165) is 24.2 Å². The molecule has 2 rings (SSSR count). The summed E-state index contributed by atoms with van der Waals surface area (Å²) in [6.07, 6.45) is 5.60. The lowest BCUT2D eigenvalue weighted by molar-refractivity contribution is 0.587. The second-order valence-corrected chi connectivity index (χ2v) is 4.15. The fourth-order valence-electron chi connectivity index (χ4n) is 2.06. The topological polar surface area (TPSA) is 41.9 Å². The Morgan fingerprint density at radius 1 is 1.12 bits per heavy atom. The van der Waals surface area contributed by atoms with E-state index >= 15 is 0 Å². The van der Waals surface area contributed by atoms with Gasteiger partial charge in [-0.15, -0.1) is 0 Å². The summed E-state index contributed by atoms with van der Waals surface area (Å²) >= 11 is 0. The highest BCUT2D eigenvalue weighted by Gasteiger charge is 2.12. The molecule has 4 nitrogen and oxygen atoms in total. The lowest BCUT2D eigenvalue weighted by atomic mass is 10.1. The standard InChI is InChI=1S/C13H18N4/c1-4-10(5-2)17(3)12-7-6-11-13(16-12)15-9-8-14-11/h6-10H,4-5H2,1-3H3. The largest absolute Gasteiger partial charge is 0.357 e. The molecule has 0 atom stereocenters. The summed E-state index contributed by atoms with van der Waals surface area (Å²) in [5, 5.41) is 0. The lowest BCUT2D eigenvalue weighted by Crippen LogP contribution is -2.31. The van der Waals surface area contributed by atoms with Gasteiger partial charge in [0.2, 0.25) is 0 Å². The molecule has 0 saturated carbocycles. The average molecular weight is 230 g/mol. The Morgan fingerprint density at radius 2 is 1.82 bits per heavy atom. The van der Waals surface area contributed by atoms with Crippen LogP contribution < -0.4 is 4.90 Å².